The van der Waals surface area contributed by atoms with Crippen LogP contribution in [-0.4, -0.2) is 120 Å². The molecule has 1 aliphatic heterocycles. The zero-order valence-corrected chi connectivity index (χ0v) is 41.6. The van der Waals surface area contributed by atoms with Crippen molar-refractivity contribution < 1.29 is 66.9 Å². The van der Waals surface area contributed by atoms with Gasteiger partial charge in [0, 0.05) is 4.91 Å². The number of nitrogens with zero attached hydrogens (tertiary/aromatic N) is 3. The smallest absolute Gasteiger partial charge is 0.458 e. The number of allylic oxidation sites excluding steroid dienone is 1. The van der Waals surface area contributed by atoms with E-state index in [0.29, 0.717) is 6.42 Å². The molecule has 66 heavy (non-hydrogen) atoms. The summed E-state index contributed by atoms with van der Waals surface area (Å²) < 4.78 is 48.6. The largest absolute Gasteiger partial charge is 0.508 e. The maximum absolute atomic E-state index is 13.4. The van der Waals surface area contributed by atoms with Gasteiger partial charge in [0.15, 0.2) is 12.4 Å². The molecule has 17 nitrogen and oxygen atoms in total. The monoisotopic (exact) mass is 993 g/mol. The highest BCUT2D eigenvalue weighted by Gasteiger charge is 2.50. The van der Waals surface area contributed by atoms with Gasteiger partial charge in [-0.3, -0.25) is 0 Å². The second-order valence-corrected chi connectivity index (χ2v) is 20.3. The van der Waals surface area contributed by atoms with Crippen LogP contribution in [0.4, 0.5) is 4.79 Å². The third-order valence-corrected chi connectivity index (χ3v) is 9.83. The molecule has 1 fully saturated rings. The Hall–Kier alpha value is -3.38. The minimum absolute atomic E-state index is 0.245. The molecular weight excluding hydrogens is 925 g/mol. The fraction of sp³-hybridized carbons (Fsp3) is 0.739. The van der Waals surface area contributed by atoms with Gasteiger partial charge in [0.2, 0.25) is 3.79 Å². The van der Waals surface area contributed by atoms with E-state index in [1.54, 1.807) is 78.0 Å². The van der Waals surface area contributed by atoms with Crippen molar-refractivity contribution in [2.24, 2.45) is 5.11 Å². The Morgan fingerprint density at radius 2 is 1.41 bits per heavy atom. The summed E-state index contributed by atoms with van der Waals surface area (Å²) in [6.45, 7) is 9.24. The Morgan fingerprint density at radius 3 is 1.97 bits per heavy atom. The molecule has 7 atom stereocenters. The number of ether oxygens (including phenoxy) is 9. The maximum Gasteiger partial charge on any atom is 0.508 e. The van der Waals surface area contributed by atoms with Gasteiger partial charge in [-0.15, -0.1) is 0 Å². The lowest BCUT2D eigenvalue weighted by Gasteiger charge is -2.43. The molecule has 0 amide bonds. The fourth-order valence-corrected chi connectivity index (χ4v) is 6.73. The molecule has 1 heterocycles. The van der Waals surface area contributed by atoms with Crippen LogP contribution in [0.2, 0.25) is 0 Å². The average Bonchev–Trinajstić information content (AvgIpc) is 3.22. The number of rotatable bonds is 29. The zero-order valence-electron chi connectivity index (χ0n) is 39.3. The first kappa shape index (κ1) is 58.7. The molecule has 1 aromatic rings. The predicted molar refractivity (Wildman–Crippen MR) is 248 cm³/mol. The van der Waals surface area contributed by atoms with Gasteiger partial charge in [-0.05, 0) is 78.1 Å². The highest BCUT2D eigenvalue weighted by Crippen LogP contribution is 2.30. The van der Waals surface area contributed by atoms with Crippen LogP contribution in [0.5, 0.6) is 0 Å². The number of halogens is 3. The van der Waals surface area contributed by atoms with Crippen molar-refractivity contribution in [2.75, 3.05) is 33.0 Å². The Morgan fingerprint density at radius 1 is 0.833 bits per heavy atom. The molecule has 0 saturated carbocycles. The van der Waals surface area contributed by atoms with Gasteiger partial charge in [-0.2, -0.15) is 0 Å². The summed E-state index contributed by atoms with van der Waals surface area (Å²) in [6, 6.07) is 6.99. The average molecular weight is 995 g/mol. The van der Waals surface area contributed by atoms with Crippen LogP contribution in [0.3, 0.4) is 0 Å². The Balaban J connectivity index is 2.38. The number of carbonyl (C=O) groups is 4. The van der Waals surface area contributed by atoms with Crippen LogP contribution in [0.15, 0.2) is 47.6 Å². The number of unbranched alkanes of at least 4 members (excludes halogenated alkanes) is 11. The second kappa shape index (κ2) is 30.9. The van der Waals surface area contributed by atoms with Crippen molar-refractivity contribution in [3.05, 3.63) is 58.5 Å². The second-order valence-electron chi connectivity index (χ2n) is 17.8. The van der Waals surface area contributed by atoms with E-state index in [2.05, 4.69) is 16.9 Å². The van der Waals surface area contributed by atoms with Crippen molar-refractivity contribution in [2.45, 2.75) is 183 Å². The van der Waals surface area contributed by atoms with E-state index in [1.807, 2.05) is 6.08 Å². The van der Waals surface area contributed by atoms with E-state index in [9.17, 15) is 29.8 Å². The number of hydrogen-bond donors (Lipinski definition) is 1. The summed E-state index contributed by atoms with van der Waals surface area (Å²) in [6.07, 6.45) is 6.34. The van der Waals surface area contributed by atoms with Gasteiger partial charge in [0.1, 0.15) is 61.5 Å². The minimum atomic E-state index is -2.03. The summed E-state index contributed by atoms with van der Waals surface area (Å²) in [4.78, 5) is 54.5. The molecule has 0 aromatic heterocycles. The number of benzene rings is 1. The van der Waals surface area contributed by atoms with E-state index >= 15 is 0 Å². The van der Waals surface area contributed by atoms with Crippen molar-refractivity contribution in [1.82, 2.24) is 0 Å². The Bertz CT molecular complexity index is 1670. The predicted octanol–water partition coefficient (Wildman–Crippen LogP) is 10.2. The molecule has 374 valence electrons. The molecule has 2 rings (SSSR count). The van der Waals surface area contributed by atoms with Crippen molar-refractivity contribution in [3.63, 3.8) is 0 Å². The zero-order chi connectivity index (χ0) is 49.2. The molecule has 1 N–H and O–H groups in total. The molecule has 0 unspecified atom stereocenters. The molecule has 1 aromatic carbocycles. The lowest BCUT2D eigenvalue weighted by atomic mass is 9.98. The number of azide groups is 1. The first-order chi connectivity index (χ1) is 31.1. The van der Waals surface area contributed by atoms with Gasteiger partial charge in [0.05, 0.1) is 18.8 Å². The highest BCUT2D eigenvalue weighted by molar-refractivity contribution is 6.67. The van der Waals surface area contributed by atoms with Crippen LogP contribution in [0.1, 0.15) is 136 Å². The van der Waals surface area contributed by atoms with Crippen LogP contribution < -0.4 is 0 Å². The summed E-state index contributed by atoms with van der Waals surface area (Å²) in [5.74, 6) is -2.21. The Kier molecular flexibility index (Phi) is 27.5. The fourth-order valence-electron chi connectivity index (χ4n) is 6.57. The molecule has 20 heteroatoms. The number of carbonyl (C=O) groups excluding carboxylic acids is 4. The number of aliphatic hydroxyl groups excluding tert-OH is 1. The summed E-state index contributed by atoms with van der Waals surface area (Å²) in [7, 11) is 0. The molecule has 1 aliphatic rings. The molecule has 0 radical (unpaired) electrons. The topological polar surface area (TPSA) is 220 Å². The Labute approximate surface area is 404 Å². The summed E-state index contributed by atoms with van der Waals surface area (Å²) in [5, 5.41) is 15.7. The number of aliphatic hydroxyl groups is 1. The lowest BCUT2D eigenvalue weighted by molar-refractivity contribution is -0.310. The van der Waals surface area contributed by atoms with E-state index in [1.165, 1.54) is 44.9 Å². The first-order valence-electron chi connectivity index (χ1n) is 22.6. The first-order valence-corrected chi connectivity index (χ1v) is 23.7. The quantitative estimate of drug-likeness (QED) is 0.0115. The van der Waals surface area contributed by atoms with Gasteiger partial charge in [0.25, 0.3) is 0 Å². The highest BCUT2D eigenvalue weighted by atomic mass is 35.6. The van der Waals surface area contributed by atoms with E-state index in [-0.39, 0.29) is 5.56 Å². The van der Waals surface area contributed by atoms with Crippen LogP contribution in [0.25, 0.3) is 10.4 Å². The summed E-state index contributed by atoms with van der Waals surface area (Å²) >= 11 is 17.3. The van der Waals surface area contributed by atoms with Gasteiger partial charge >= 0.3 is 24.1 Å². The van der Waals surface area contributed by atoms with Gasteiger partial charge in [-0.25, -0.2) is 19.2 Å². The molecule has 0 bridgehead atoms. The molecule has 0 aliphatic carbocycles. The van der Waals surface area contributed by atoms with E-state index in [0.717, 1.165) is 25.7 Å². The molecular formula is C46H70Cl3N3O14. The van der Waals surface area contributed by atoms with Crippen LogP contribution in [-0.2, 0) is 52.2 Å². The third-order valence-electron chi connectivity index (χ3n) is 9.50. The normalized spacial score (nSPS) is 19.9. The van der Waals surface area contributed by atoms with E-state index < -0.39 is 115 Å². The maximum atomic E-state index is 13.4. The lowest BCUT2D eigenvalue weighted by Crippen LogP contribution is -2.62. The van der Waals surface area contributed by atoms with Crippen molar-refractivity contribution >= 4 is 58.9 Å². The number of esters is 3. The SMILES string of the molecule is CCCCCCCCCCCCCC=C[C@@H](OC(=O)c1ccccc1)[C@H](CO[C@H]1O[C@H](COCC(=O)OC(C)(C)C)[C@H](OCC(=O)OC(C)(C)C)[C@H](O)[C@H]1OC(=O)OCC(Cl)(Cl)Cl)N=[N+]=[N-]. The molecule has 0 spiro atoms. The van der Waals surface area contributed by atoms with Crippen molar-refractivity contribution in [3.8, 4) is 0 Å². The summed E-state index contributed by atoms with van der Waals surface area (Å²) in [5.41, 5.74) is 8.24. The van der Waals surface area contributed by atoms with Crippen LogP contribution >= 0.6 is 34.8 Å². The third kappa shape index (κ3) is 26.2. The van der Waals surface area contributed by atoms with E-state index in [4.69, 9.17) is 77.4 Å². The van der Waals surface area contributed by atoms with Crippen LogP contribution in [0, 0.1) is 0 Å². The standard InChI is InChI=1S/C46H70Cl3N3O14/c1-8-9-10-11-12-13-14-15-16-17-18-19-23-26-34(62-41(56)32-24-21-20-22-25-32)33(51-52-50)27-60-42-40(64-43(57)61-31-46(47,48)49)38(55)39(59-30-37(54)66-45(5,6)7)35(63-42)28-58-29-36(53)65-44(2,3)4/h20-26,33-35,38-40,42,55H,8-19,27-31H2,1-7H3/t33-,34+,35+,38-,39-,40+,42-/m0/s1. The van der Waals surface area contributed by atoms with Gasteiger partial charge < -0.3 is 47.7 Å². The van der Waals surface area contributed by atoms with Crippen molar-refractivity contribution in [1.29, 1.82) is 0 Å². The molecule has 1 saturated heterocycles. The number of hydrogen-bond acceptors (Lipinski definition) is 15. The number of alkyl halides is 3. The minimum Gasteiger partial charge on any atom is -0.458 e. The van der Waals surface area contributed by atoms with Gasteiger partial charge in [-0.1, -0.05) is 135 Å².